The normalized spacial score (nSPS) is 10.5. The van der Waals surface area contributed by atoms with E-state index in [1.165, 1.54) is 17.0 Å². The molecule has 0 spiro atoms. The van der Waals surface area contributed by atoms with Gasteiger partial charge in [0.15, 0.2) is 5.76 Å². The van der Waals surface area contributed by atoms with E-state index < -0.39 is 4.92 Å². The molecular formula is C17H25ClN4O4S. The summed E-state index contributed by atoms with van der Waals surface area (Å²) < 4.78 is 11.1. The molecular weight excluding hydrogens is 392 g/mol. The number of hydrogen-bond donors (Lipinski definition) is 2. The van der Waals surface area contributed by atoms with Crippen molar-refractivity contribution in [2.45, 2.75) is 19.2 Å². The maximum atomic E-state index is 11.1. The van der Waals surface area contributed by atoms with E-state index in [0.717, 1.165) is 29.6 Å². The summed E-state index contributed by atoms with van der Waals surface area (Å²) >= 11 is 1.69. The van der Waals surface area contributed by atoms with Gasteiger partial charge in [-0.1, -0.05) is 0 Å². The third-order valence-corrected chi connectivity index (χ3v) is 4.35. The van der Waals surface area contributed by atoms with Crippen LogP contribution < -0.4 is 27.4 Å². The number of nitrogens with zero attached hydrogens (tertiary/aromatic N) is 2. The molecule has 0 aliphatic heterocycles. The zero-order chi connectivity index (χ0) is 18.9. The molecule has 10 heteroatoms. The zero-order valence-electron chi connectivity index (χ0n) is 15.7. The van der Waals surface area contributed by atoms with Crippen LogP contribution in [-0.2, 0) is 12.3 Å². The van der Waals surface area contributed by atoms with Crippen molar-refractivity contribution < 1.29 is 31.4 Å². The molecule has 8 nitrogen and oxygen atoms in total. The topological polar surface area (TPSA) is 94.9 Å². The van der Waals surface area contributed by atoms with Gasteiger partial charge in [0, 0.05) is 24.4 Å². The van der Waals surface area contributed by atoms with Gasteiger partial charge in [0.05, 0.1) is 31.4 Å². The van der Waals surface area contributed by atoms with E-state index in [0.29, 0.717) is 19.0 Å². The van der Waals surface area contributed by atoms with Crippen LogP contribution in [0, 0.1) is 10.1 Å². The maximum absolute atomic E-state index is 11.1. The van der Waals surface area contributed by atoms with Crippen LogP contribution >= 0.6 is 11.8 Å². The van der Waals surface area contributed by atoms with Gasteiger partial charge in [-0.2, -0.15) is 16.7 Å². The van der Waals surface area contributed by atoms with E-state index in [2.05, 4.69) is 24.4 Å². The van der Waals surface area contributed by atoms with Gasteiger partial charge >= 0.3 is 5.69 Å². The van der Waals surface area contributed by atoms with Gasteiger partial charge < -0.3 is 31.8 Å². The van der Waals surface area contributed by atoms with Crippen molar-refractivity contribution in [3.8, 4) is 5.88 Å². The Kier molecular flexibility index (Phi) is 9.98. The number of aromatic nitrogens is 1. The summed E-state index contributed by atoms with van der Waals surface area (Å²) in [6.07, 6.45) is 0. The summed E-state index contributed by atoms with van der Waals surface area (Å²) in [5, 5.41) is 14.1. The molecule has 0 aliphatic rings. The van der Waals surface area contributed by atoms with E-state index in [9.17, 15) is 10.1 Å². The molecule has 0 unspecified atom stereocenters. The molecule has 0 bridgehead atoms. The second-order valence-corrected chi connectivity index (χ2v) is 7.04. The highest BCUT2D eigenvalue weighted by atomic mass is 35.5. The molecule has 2 aromatic heterocycles. The fourth-order valence-electron chi connectivity index (χ4n) is 2.30. The Bertz CT molecular complexity index is 727. The lowest BCUT2D eigenvalue weighted by Gasteiger charge is -2.08. The minimum Gasteiger partial charge on any atom is -1.00 e. The average Bonchev–Trinajstić information content (AvgIpc) is 3.01. The third-order valence-electron chi connectivity index (χ3n) is 3.37. The van der Waals surface area contributed by atoms with Gasteiger partial charge in [-0.05, 0) is 19.1 Å². The first kappa shape index (κ1) is 23.1. The Balaban J connectivity index is 0.00000364. The molecule has 0 saturated carbocycles. The highest BCUT2D eigenvalue weighted by Crippen LogP contribution is 2.25. The molecule has 2 N–H and O–H groups in total. The van der Waals surface area contributed by atoms with Crippen LogP contribution in [0.1, 0.15) is 18.4 Å². The molecule has 27 heavy (non-hydrogen) atoms. The number of nitro groups is 1. The number of nitrogens with one attached hydrogen (secondary N) is 2. The van der Waals surface area contributed by atoms with Crippen molar-refractivity contribution in [3.05, 3.63) is 45.9 Å². The number of thioether (sulfide) groups is 1. The van der Waals surface area contributed by atoms with Gasteiger partial charge in [0.25, 0.3) is 0 Å². The zero-order valence-corrected chi connectivity index (χ0v) is 17.2. The number of halogens is 1. The van der Waals surface area contributed by atoms with Crippen molar-refractivity contribution in [1.82, 2.24) is 4.98 Å². The first-order valence-electron chi connectivity index (χ1n) is 8.46. The monoisotopic (exact) mass is 416 g/mol. The van der Waals surface area contributed by atoms with Gasteiger partial charge in [-0.25, -0.2) is 0 Å². The second-order valence-electron chi connectivity index (χ2n) is 5.94. The largest absolute Gasteiger partial charge is 1.00 e. The van der Waals surface area contributed by atoms with E-state index in [-0.39, 0.29) is 23.9 Å². The first-order valence-corrected chi connectivity index (χ1v) is 9.61. The summed E-state index contributed by atoms with van der Waals surface area (Å²) in [5.74, 6) is 4.06. The van der Waals surface area contributed by atoms with E-state index in [1.54, 1.807) is 11.8 Å². The van der Waals surface area contributed by atoms with Gasteiger partial charge in [0.1, 0.15) is 12.3 Å². The van der Waals surface area contributed by atoms with Crippen LogP contribution in [0.5, 0.6) is 5.88 Å². The number of quaternary nitrogens is 1. The smallest absolute Gasteiger partial charge is 0.311 e. The van der Waals surface area contributed by atoms with Crippen molar-refractivity contribution in [1.29, 1.82) is 0 Å². The minimum absolute atomic E-state index is 0. The number of rotatable bonds is 11. The van der Waals surface area contributed by atoms with Crippen molar-refractivity contribution >= 4 is 23.3 Å². The highest BCUT2D eigenvalue weighted by Gasteiger charge is 2.16. The Morgan fingerprint density at radius 1 is 1.30 bits per heavy atom. The lowest BCUT2D eigenvalue weighted by Crippen LogP contribution is -3.04. The number of hydrogen-bond acceptors (Lipinski definition) is 7. The molecule has 2 aromatic rings. The summed E-state index contributed by atoms with van der Waals surface area (Å²) in [6.45, 7) is 3.72. The van der Waals surface area contributed by atoms with Gasteiger partial charge in [-0.15, -0.1) is 0 Å². The van der Waals surface area contributed by atoms with Crippen LogP contribution in [0.4, 0.5) is 11.5 Å². The van der Waals surface area contributed by atoms with Crippen molar-refractivity contribution in [2.24, 2.45) is 0 Å². The van der Waals surface area contributed by atoms with Crippen molar-refractivity contribution in [3.63, 3.8) is 0 Å². The number of furan rings is 1. The standard InChI is InChI=1S/C17H24N4O4S.ClH/c1-4-24-16-8-7-15(21(22)23)17(19-16)18-9-10-26-12-14-6-5-13(25-14)11-20(2)3;/h5-8H,4,9-12H2,1-3H3,(H,18,19);1H. The summed E-state index contributed by atoms with van der Waals surface area (Å²) in [5.41, 5.74) is -0.0553. The van der Waals surface area contributed by atoms with E-state index in [1.807, 2.05) is 19.1 Å². The summed E-state index contributed by atoms with van der Waals surface area (Å²) in [6, 6.07) is 6.92. The quantitative estimate of drug-likeness (QED) is 0.275. The van der Waals surface area contributed by atoms with E-state index in [4.69, 9.17) is 9.15 Å². The Morgan fingerprint density at radius 3 is 2.70 bits per heavy atom. The molecule has 0 aromatic carbocycles. The molecule has 150 valence electrons. The number of pyridine rings is 1. The second kappa shape index (κ2) is 11.7. The Labute approximate surface area is 169 Å². The highest BCUT2D eigenvalue weighted by molar-refractivity contribution is 7.98. The van der Waals surface area contributed by atoms with Crippen LogP contribution in [0.25, 0.3) is 0 Å². The first-order chi connectivity index (χ1) is 12.5. The summed E-state index contributed by atoms with van der Waals surface area (Å²) in [7, 11) is 4.16. The van der Waals surface area contributed by atoms with Crippen LogP contribution in [0.15, 0.2) is 28.7 Å². The third kappa shape index (κ3) is 7.66. The Morgan fingerprint density at radius 2 is 2.04 bits per heavy atom. The number of anilines is 1. The lowest BCUT2D eigenvalue weighted by molar-refractivity contribution is -0.873. The molecule has 0 aliphatic carbocycles. The van der Waals surface area contributed by atoms with E-state index >= 15 is 0 Å². The fourth-order valence-corrected chi connectivity index (χ4v) is 3.04. The molecule has 0 radical (unpaired) electrons. The summed E-state index contributed by atoms with van der Waals surface area (Å²) in [4.78, 5) is 16.1. The van der Waals surface area contributed by atoms with Gasteiger partial charge in [-0.3, -0.25) is 10.1 Å². The molecule has 0 atom stereocenters. The molecule has 0 amide bonds. The molecule has 0 fully saturated rings. The van der Waals surface area contributed by atoms with Crippen LogP contribution in [0.2, 0.25) is 0 Å². The number of ether oxygens (including phenoxy) is 1. The van der Waals surface area contributed by atoms with Crippen LogP contribution in [0.3, 0.4) is 0 Å². The van der Waals surface area contributed by atoms with Crippen LogP contribution in [-0.4, -0.2) is 42.9 Å². The fraction of sp³-hybridized carbons (Fsp3) is 0.471. The lowest BCUT2D eigenvalue weighted by atomic mass is 10.4. The predicted molar refractivity (Wildman–Crippen MR) is 102 cm³/mol. The molecule has 0 saturated heterocycles. The minimum atomic E-state index is -0.449. The Hall–Kier alpha value is -1.97. The molecule has 2 rings (SSSR count). The maximum Gasteiger partial charge on any atom is 0.311 e. The average molecular weight is 417 g/mol. The SMILES string of the molecule is CCOc1ccc([N+](=O)[O-])c(NCCSCc2ccc(C[NH+](C)C)o2)n1.[Cl-]. The predicted octanol–water partition coefficient (Wildman–Crippen LogP) is -1.02. The van der Waals surface area contributed by atoms with Gasteiger partial charge in [0.2, 0.25) is 11.7 Å². The van der Waals surface area contributed by atoms with Crippen molar-refractivity contribution in [2.75, 3.05) is 38.3 Å². The molecule has 2 heterocycles.